The Balaban J connectivity index is 2.06. The Labute approximate surface area is 131 Å². The predicted octanol–water partition coefficient (Wildman–Crippen LogP) is 3.44. The largest absolute Gasteiger partial charge is 0.311 e. The summed E-state index contributed by atoms with van der Waals surface area (Å²) in [5.41, 5.74) is 1.47. The lowest BCUT2D eigenvalue weighted by Crippen LogP contribution is -2.61. The molecule has 0 spiro atoms. The van der Waals surface area contributed by atoms with Gasteiger partial charge in [-0.05, 0) is 53.7 Å². The lowest BCUT2D eigenvalue weighted by atomic mass is 9.93. The third kappa shape index (κ3) is 4.27. The van der Waals surface area contributed by atoms with Crippen molar-refractivity contribution in [3.63, 3.8) is 0 Å². The smallest absolute Gasteiger partial charge is 0.0410 e. The van der Waals surface area contributed by atoms with E-state index < -0.39 is 0 Å². The fourth-order valence-electron chi connectivity index (χ4n) is 2.85. The van der Waals surface area contributed by atoms with Crippen LogP contribution in [0.1, 0.15) is 39.7 Å². The van der Waals surface area contributed by atoms with Crippen molar-refractivity contribution in [2.45, 2.75) is 52.2 Å². The van der Waals surface area contributed by atoms with Crippen molar-refractivity contribution >= 4 is 15.9 Å². The van der Waals surface area contributed by atoms with Crippen LogP contribution in [0.4, 0.5) is 0 Å². The molecule has 4 heteroatoms. The molecule has 1 aromatic rings. The summed E-state index contributed by atoms with van der Waals surface area (Å²) in [6, 6.07) is 2.77. The maximum Gasteiger partial charge on any atom is 0.0410 e. The molecule has 1 aliphatic heterocycles. The Kier molecular flexibility index (Phi) is 5.21. The van der Waals surface area contributed by atoms with Gasteiger partial charge in [-0.2, -0.15) is 0 Å². The number of aromatic nitrogens is 1. The Morgan fingerprint density at radius 1 is 1.45 bits per heavy atom. The van der Waals surface area contributed by atoms with Gasteiger partial charge < -0.3 is 5.32 Å². The molecule has 0 amide bonds. The van der Waals surface area contributed by atoms with Gasteiger partial charge in [-0.3, -0.25) is 9.88 Å². The SMILES string of the molecule is CC(C)CC1CN(Cc2cncc(Br)c2)C(C)(C)CN1. The summed E-state index contributed by atoms with van der Waals surface area (Å²) in [6.45, 7) is 12.3. The first-order chi connectivity index (χ1) is 9.37. The minimum Gasteiger partial charge on any atom is -0.311 e. The molecule has 1 aliphatic rings. The van der Waals surface area contributed by atoms with E-state index in [4.69, 9.17) is 0 Å². The standard InChI is InChI=1S/C16H26BrN3/c1-12(2)5-15-10-20(16(3,4)11-19-15)9-13-6-14(17)8-18-7-13/h6-8,12,15,19H,5,9-11H2,1-4H3. The van der Waals surface area contributed by atoms with Crippen LogP contribution in [0.2, 0.25) is 0 Å². The van der Waals surface area contributed by atoms with Crippen LogP contribution in [0.3, 0.4) is 0 Å². The number of nitrogens with zero attached hydrogens (tertiary/aromatic N) is 2. The highest BCUT2D eigenvalue weighted by Crippen LogP contribution is 2.24. The van der Waals surface area contributed by atoms with Gasteiger partial charge in [0.2, 0.25) is 0 Å². The first kappa shape index (κ1) is 15.9. The highest BCUT2D eigenvalue weighted by Gasteiger charge is 2.33. The predicted molar refractivity (Wildman–Crippen MR) is 87.7 cm³/mol. The summed E-state index contributed by atoms with van der Waals surface area (Å²) < 4.78 is 1.06. The number of halogens is 1. The molecule has 0 bridgehead atoms. The van der Waals surface area contributed by atoms with Gasteiger partial charge in [0.05, 0.1) is 0 Å². The van der Waals surface area contributed by atoms with Crippen LogP contribution < -0.4 is 5.32 Å². The molecule has 1 unspecified atom stereocenters. The van der Waals surface area contributed by atoms with Gasteiger partial charge in [0.25, 0.3) is 0 Å². The highest BCUT2D eigenvalue weighted by atomic mass is 79.9. The van der Waals surface area contributed by atoms with E-state index in [9.17, 15) is 0 Å². The maximum atomic E-state index is 4.28. The number of rotatable bonds is 4. The summed E-state index contributed by atoms with van der Waals surface area (Å²) >= 11 is 3.51. The molecule has 20 heavy (non-hydrogen) atoms. The molecule has 0 aromatic carbocycles. The molecule has 1 fully saturated rings. The summed E-state index contributed by atoms with van der Waals surface area (Å²) in [6.07, 6.45) is 5.05. The fourth-order valence-corrected chi connectivity index (χ4v) is 3.26. The zero-order chi connectivity index (χ0) is 14.8. The Morgan fingerprint density at radius 3 is 2.85 bits per heavy atom. The van der Waals surface area contributed by atoms with Crippen molar-refractivity contribution < 1.29 is 0 Å². The van der Waals surface area contributed by atoms with Gasteiger partial charge >= 0.3 is 0 Å². The monoisotopic (exact) mass is 339 g/mol. The van der Waals surface area contributed by atoms with Gasteiger partial charge in [-0.1, -0.05) is 13.8 Å². The van der Waals surface area contributed by atoms with Gasteiger partial charge in [0.1, 0.15) is 0 Å². The van der Waals surface area contributed by atoms with Crippen molar-refractivity contribution in [2.24, 2.45) is 5.92 Å². The van der Waals surface area contributed by atoms with Crippen molar-refractivity contribution in [1.82, 2.24) is 15.2 Å². The number of hydrogen-bond donors (Lipinski definition) is 1. The van der Waals surface area contributed by atoms with E-state index in [-0.39, 0.29) is 5.54 Å². The average molecular weight is 340 g/mol. The van der Waals surface area contributed by atoms with Crippen LogP contribution in [0.15, 0.2) is 22.9 Å². The zero-order valence-electron chi connectivity index (χ0n) is 13.0. The number of piperazine rings is 1. The molecule has 0 radical (unpaired) electrons. The average Bonchev–Trinajstić information content (AvgIpc) is 2.33. The highest BCUT2D eigenvalue weighted by molar-refractivity contribution is 9.10. The Hall–Kier alpha value is -0.450. The quantitative estimate of drug-likeness (QED) is 0.910. The summed E-state index contributed by atoms with van der Waals surface area (Å²) in [7, 11) is 0. The molecule has 112 valence electrons. The second-order valence-electron chi connectivity index (χ2n) is 6.91. The van der Waals surface area contributed by atoms with E-state index in [1.165, 1.54) is 12.0 Å². The molecular formula is C16H26BrN3. The molecular weight excluding hydrogens is 314 g/mol. The number of hydrogen-bond acceptors (Lipinski definition) is 3. The van der Waals surface area contributed by atoms with E-state index in [2.05, 4.69) is 64.9 Å². The molecule has 0 aliphatic carbocycles. The lowest BCUT2D eigenvalue weighted by Gasteiger charge is -2.46. The molecule has 1 aromatic heterocycles. The third-order valence-corrected chi connectivity index (χ3v) is 4.44. The van der Waals surface area contributed by atoms with Gasteiger partial charge in [-0.15, -0.1) is 0 Å². The maximum absolute atomic E-state index is 4.28. The fraction of sp³-hybridized carbons (Fsp3) is 0.688. The summed E-state index contributed by atoms with van der Waals surface area (Å²) in [5, 5.41) is 3.70. The second kappa shape index (κ2) is 6.54. The van der Waals surface area contributed by atoms with Crippen molar-refractivity contribution in [1.29, 1.82) is 0 Å². The first-order valence-electron chi connectivity index (χ1n) is 7.44. The van der Waals surface area contributed by atoms with Crippen LogP contribution in [0.5, 0.6) is 0 Å². The van der Waals surface area contributed by atoms with Crippen LogP contribution in [0.25, 0.3) is 0 Å². The Bertz CT molecular complexity index is 445. The molecule has 1 atom stereocenters. The molecule has 3 nitrogen and oxygen atoms in total. The van der Waals surface area contributed by atoms with Gasteiger partial charge in [0.15, 0.2) is 0 Å². The van der Waals surface area contributed by atoms with Gasteiger partial charge in [-0.25, -0.2) is 0 Å². The van der Waals surface area contributed by atoms with Crippen molar-refractivity contribution in [2.75, 3.05) is 13.1 Å². The summed E-state index contributed by atoms with van der Waals surface area (Å²) in [4.78, 5) is 6.86. The zero-order valence-corrected chi connectivity index (χ0v) is 14.6. The number of nitrogens with one attached hydrogen (secondary N) is 1. The topological polar surface area (TPSA) is 28.2 Å². The molecule has 2 heterocycles. The Morgan fingerprint density at radius 2 is 2.20 bits per heavy atom. The number of pyridine rings is 1. The normalized spacial score (nSPS) is 23.2. The van der Waals surface area contributed by atoms with Crippen LogP contribution in [0, 0.1) is 5.92 Å². The van der Waals surface area contributed by atoms with Crippen LogP contribution in [-0.4, -0.2) is 34.6 Å². The van der Waals surface area contributed by atoms with E-state index in [0.717, 1.165) is 30.0 Å². The van der Waals surface area contributed by atoms with Crippen molar-refractivity contribution in [3.05, 3.63) is 28.5 Å². The van der Waals surface area contributed by atoms with Gasteiger partial charge in [0, 0.05) is 48.1 Å². The molecule has 0 saturated carbocycles. The van der Waals surface area contributed by atoms with E-state index >= 15 is 0 Å². The van der Waals surface area contributed by atoms with E-state index in [1.807, 2.05) is 12.4 Å². The van der Waals surface area contributed by atoms with Crippen molar-refractivity contribution in [3.8, 4) is 0 Å². The molecule has 2 rings (SSSR count). The van der Waals surface area contributed by atoms with E-state index in [1.54, 1.807) is 0 Å². The minimum atomic E-state index is 0.190. The van der Waals surface area contributed by atoms with Crippen LogP contribution in [-0.2, 0) is 6.54 Å². The van der Waals surface area contributed by atoms with E-state index in [0.29, 0.717) is 6.04 Å². The first-order valence-corrected chi connectivity index (χ1v) is 8.24. The lowest BCUT2D eigenvalue weighted by molar-refractivity contribution is 0.0535. The molecule has 1 saturated heterocycles. The van der Waals surface area contributed by atoms with Crippen LogP contribution >= 0.6 is 15.9 Å². The third-order valence-electron chi connectivity index (χ3n) is 4.01. The second-order valence-corrected chi connectivity index (χ2v) is 7.83. The summed E-state index contributed by atoms with van der Waals surface area (Å²) in [5.74, 6) is 0.739. The molecule has 1 N–H and O–H groups in total. The minimum absolute atomic E-state index is 0.190.